The maximum atomic E-state index is 11.8. The van der Waals surface area contributed by atoms with E-state index >= 15 is 0 Å². The molecule has 1 heterocycles. The molecule has 5 nitrogen and oxygen atoms in total. The highest BCUT2D eigenvalue weighted by atomic mass is 32.2. The van der Waals surface area contributed by atoms with Crippen LogP contribution in [0.3, 0.4) is 0 Å². The van der Waals surface area contributed by atoms with Crippen molar-refractivity contribution in [2.45, 2.75) is 76.4 Å². The molecule has 21 heavy (non-hydrogen) atoms. The summed E-state index contributed by atoms with van der Waals surface area (Å²) in [6.45, 7) is 9.69. The topological polar surface area (TPSA) is 76.7 Å². The van der Waals surface area contributed by atoms with Gasteiger partial charge in [-0.1, -0.05) is 39.5 Å². The second kappa shape index (κ2) is 6.57. The number of thioether (sulfide) groups is 1. The molecule has 0 spiro atoms. The average Bonchev–Trinajstić information content (AvgIpc) is 2.73. The van der Waals surface area contributed by atoms with E-state index in [9.17, 15) is 4.79 Å². The van der Waals surface area contributed by atoms with Crippen LogP contribution in [-0.4, -0.2) is 26.1 Å². The summed E-state index contributed by atoms with van der Waals surface area (Å²) in [4.78, 5) is 11.8. The van der Waals surface area contributed by atoms with E-state index in [4.69, 9.17) is 5.73 Å². The lowest BCUT2D eigenvalue weighted by Crippen LogP contribution is -2.41. The molecule has 0 amide bonds. The number of aromatic nitrogens is 3. The molecule has 1 aliphatic rings. The minimum absolute atomic E-state index is 0.115. The number of H-pyrrole nitrogens is 1. The Labute approximate surface area is 131 Å². The molecule has 1 aromatic heterocycles. The van der Waals surface area contributed by atoms with Crippen molar-refractivity contribution >= 4 is 11.8 Å². The number of hydrogen-bond acceptors (Lipinski definition) is 4. The molecule has 0 saturated heterocycles. The molecule has 3 unspecified atom stereocenters. The van der Waals surface area contributed by atoms with Crippen LogP contribution in [0.2, 0.25) is 0 Å². The van der Waals surface area contributed by atoms with Gasteiger partial charge in [0.05, 0.1) is 0 Å². The normalized spacial score (nSPS) is 27.0. The Morgan fingerprint density at radius 2 is 2.14 bits per heavy atom. The van der Waals surface area contributed by atoms with Gasteiger partial charge in [-0.2, -0.15) is 0 Å². The van der Waals surface area contributed by atoms with Crippen molar-refractivity contribution in [1.82, 2.24) is 14.8 Å². The van der Waals surface area contributed by atoms with Crippen LogP contribution >= 0.6 is 11.8 Å². The van der Waals surface area contributed by atoms with E-state index in [0.717, 1.165) is 24.4 Å². The molecule has 1 saturated carbocycles. The third-order valence-electron chi connectivity index (χ3n) is 4.49. The van der Waals surface area contributed by atoms with Gasteiger partial charge in [0.2, 0.25) is 0 Å². The molecule has 1 aromatic rings. The van der Waals surface area contributed by atoms with E-state index in [0.29, 0.717) is 23.1 Å². The van der Waals surface area contributed by atoms with Crippen LogP contribution in [0.25, 0.3) is 0 Å². The largest absolute Gasteiger partial charge is 0.343 e. The molecule has 3 N–H and O–H groups in total. The van der Waals surface area contributed by atoms with E-state index in [1.54, 1.807) is 16.3 Å². The van der Waals surface area contributed by atoms with Crippen LogP contribution in [0.4, 0.5) is 0 Å². The number of hydrogen-bond donors (Lipinski definition) is 2. The van der Waals surface area contributed by atoms with Gasteiger partial charge in [-0.3, -0.25) is 4.57 Å². The van der Waals surface area contributed by atoms with Crippen LogP contribution in [-0.2, 0) is 6.54 Å². The highest BCUT2D eigenvalue weighted by Crippen LogP contribution is 2.42. The minimum Gasteiger partial charge on any atom is -0.327 e. The van der Waals surface area contributed by atoms with Crippen LogP contribution in [0, 0.1) is 11.3 Å². The number of aromatic amines is 1. The maximum Gasteiger partial charge on any atom is 0.343 e. The molecule has 120 valence electrons. The van der Waals surface area contributed by atoms with Gasteiger partial charge in [0.1, 0.15) is 0 Å². The Hall–Kier alpha value is -0.750. The summed E-state index contributed by atoms with van der Waals surface area (Å²) in [6, 6.07) is 0.190. The Balaban J connectivity index is 2.12. The summed E-state index contributed by atoms with van der Waals surface area (Å²) in [6.07, 6.45) is 4.28. The van der Waals surface area contributed by atoms with Gasteiger partial charge in [-0.15, -0.1) is 5.10 Å². The lowest BCUT2D eigenvalue weighted by Gasteiger charge is -2.40. The molecular weight excluding hydrogens is 284 g/mol. The monoisotopic (exact) mass is 312 g/mol. The van der Waals surface area contributed by atoms with Gasteiger partial charge in [0.25, 0.3) is 0 Å². The lowest BCUT2D eigenvalue weighted by molar-refractivity contribution is 0.174. The summed E-state index contributed by atoms with van der Waals surface area (Å²) in [5.41, 5.74) is 6.52. The first-order valence-corrected chi connectivity index (χ1v) is 8.78. The summed E-state index contributed by atoms with van der Waals surface area (Å²) >= 11 is 1.68. The zero-order valence-electron chi connectivity index (χ0n) is 13.6. The third-order valence-corrected chi connectivity index (χ3v) is 5.86. The summed E-state index contributed by atoms with van der Waals surface area (Å²) in [5, 5.41) is 7.88. The Morgan fingerprint density at radius 1 is 1.43 bits per heavy atom. The smallest absolute Gasteiger partial charge is 0.327 e. The molecule has 6 heteroatoms. The van der Waals surface area contributed by atoms with E-state index in [1.165, 1.54) is 6.42 Å². The molecular formula is C15H28N4OS. The van der Waals surface area contributed by atoms with Gasteiger partial charge in [-0.25, -0.2) is 9.89 Å². The molecule has 0 aromatic carbocycles. The Bertz CT molecular complexity index is 516. The first kappa shape index (κ1) is 16.6. The van der Waals surface area contributed by atoms with Crippen molar-refractivity contribution in [3.05, 3.63) is 10.5 Å². The van der Waals surface area contributed by atoms with Crippen molar-refractivity contribution in [2.75, 3.05) is 0 Å². The quantitative estimate of drug-likeness (QED) is 0.896. The van der Waals surface area contributed by atoms with Gasteiger partial charge >= 0.3 is 5.69 Å². The van der Waals surface area contributed by atoms with Crippen molar-refractivity contribution in [3.8, 4) is 0 Å². The van der Waals surface area contributed by atoms with Crippen LogP contribution < -0.4 is 11.4 Å². The minimum atomic E-state index is -0.115. The number of nitrogens with one attached hydrogen (secondary N) is 1. The predicted octanol–water partition coefficient (Wildman–Crippen LogP) is 2.62. The molecule has 2 rings (SSSR count). The molecule has 0 aliphatic heterocycles. The highest BCUT2D eigenvalue weighted by Gasteiger charge is 2.35. The molecule has 0 radical (unpaired) electrons. The van der Waals surface area contributed by atoms with Crippen molar-refractivity contribution in [3.63, 3.8) is 0 Å². The standard InChI is InChI=1S/C15H28N4OS/c1-5-8-19-13(20)17-18-14(19)21-12-9-10(15(2,3)4)6-7-11(12)16/h10-12H,5-9,16H2,1-4H3,(H,17,20). The SMILES string of the molecule is CCCn1c(SC2CC(C(C)(C)C)CCC2N)n[nH]c1=O. The molecule has 1 aliphatic carbocycles. The molecule has 1 fully saturated rings. The second-order valence-electron chi connectivity index (χ2n) is 7.16. The number of rotatable bonds is 4. The Kier molecular flexibility index (Phi) is 5.20. The fourth-order valence-electron chi connectivity index (χ4n) is 3.02. The van der Waals surface area contributed by atoms with E-state index in [2.05, 4.69) is 37.9 Å². The number of nitrogens with zero attached hydrogens (tertiary/aromatic N) is 2. The van der Waals surface area contributed by atoms with Gasteiger partial charge in [0, 0.05) is 17.8 Å². The van der Waals surface area contributed by atoms with Gasteiger partial charge < -0.3 is 5.73 Å². The Morgan fingerprint density at radius 3 is 2.76 bits per heavy atom. The van der Waals surface area contributed by atoms with Crippen molar-refractivity contribution in [1.29, 1.82) is 0 Å². The zero-order valence-corrected chi connectivity index (χ0v) is 14.4. The zero-order chi connectivity index (χ0) is 15.6. The second-order valence-corrected chi connectivity index (χ2v) is 8.37. The van der Waals surface area contributed by atoms with Crippen LogP contribution in [0.1, 0.15) is 53.4 Å². The average molecular weight is 312 g/mol. The third kappa shape index (κ3) is 3.92. The van der Waals surface area contributed by atoms with E-state index in [1.807, 2.05) is 0 Å². The summed E-state index contributed by atoms with van der Waals surface area (Å²) < 4.78 is 1.73. The number of nitrogens with two attached hydrogens (primary N) is 1. The summed E-state index contributed by atoms with van der Waals surface area (Å²) in [7, 11) is 0. The lowest BCUT2D eigenvalue weighted by atomic mass is 9.71. The van der Waals surface area contributed by atoms with Crippen molar-refractivity contribution < 1.29 is 0 Å². The van der Waals surface area contributed by atoms with E-state index in [-0.39, 0.29) is 11.7 Å². The van der Waals surface area contributed by atoms with Crippen LogP contribution in [0.15, 0.2) is 9.95 Å². The first-order chi connectivity index (χ1) is 9.82. The van der Waals surface area contributed by atoms with Crippen molar-refractivity contribution in [2.24, 2.45) is 17.1 Å². The fourth-order valence-corrected chi connectivity index (χ4v) is 4.33. The first-order valence-electron chi connectivity index (χ1n) is 7.90. The fraction of sp³-hybridized carbons (Fsp3) is 0.867. The van der Waals surface area contributed by atoms with E-state index < -0.39 is 0 Å². The molecule has 3 atom stereocenters. The van der Waals surface area contributed by atoms with Crippen LogP contribution in [0.5, 0.6) is 0 Å². The summed E-state index contributed by atoms with van der Waals surface area (Å²) in [5.74, 6) is 0.681. The molecule has 0 bridgehead atoms. The highest BCUT2D eigenvalue weighted by molar-refractivity contribution is 7.99. The van der Waals surface area contributed by atoms with Gasteiger partial charge in [0.15, 0.2) is 5.16 Å². The van der Waals surface area contributed by atoms with Gasteiger partial charge in [-0.05, 0) is 37.0 Å². The predicted molar refractivity (Wildman–Crippen MR) is 87.6 cm³/mol. The maximum absolute atomic E-state index is 11.8.